The molecule has 1 aliphatic heterocycles. The maximum atomic E-state index is 12.4. The highest BCUT2D eigenvalue weighted by atomic mass is 35.5. The lowest BCUT2D eigenvalue weighted by Crippen LogP contribution is -2.41. The molecule has 0 aromatic heterocycles. The maximum Gasteiger partial charge on any atom is 0.227 e. The molecule has 23 heavy (non-hydrogen) atoms. The van der Waals surface area contributed by atoms with Crippen LogP contribution in [0.5, 0.6) is 0 Å². The number of nitrogens with one attached hydrogen (secondary N) is 1. The molecule has 1 saturated heterocycles. The van der Waals surface area contributed by atoms with Crippen LogP contribution in [0.25, 0.3) is 0 Å². The summed E-state index contributed by atoms with van der Waals surface area (Å²) < 4.78 is 0. The molecule has 0 aliphatic carbocycles. The second kappa shape index (κ2) is 8.02. The fourth-order valence-electron chi connectivity index (χ4n) is 2.70. The fourth-order valence-corrected chi connectivity index (χ4v) is 3.15. The van der Waals surface area contributed by atoms with Gasteiger partial charge in [0.2, 0.25) is 11.8 Å². The van der Waals surface area contributed by atoms with Crippen LogP contribution in [-0.2, 0) is 9.59 Å². The Morgan fingerprint density at radius 3 is 2.48 bits per heavy atom. The molecule has 6 heteroatoms. The molecule has 0 atom stereocenters. The smallest absolute Gasteiger partial charge is 0.227 e. The Hall–Kier alpha value is -1.26. The summed E-state index contributed by atoms with van der Waals surface area (Å²) in [6.07, 6.45) is 1.93. The Bertz CT molecular complexity index is 582. The van der Waals surface area contributed by atoms with E-state index in [1.807, 2.05) is 18.7 Å². The van der Waals surface area contributed by atoms with Crippen LogP contribution in [0, 0.1) is 11.8 Å². The quantitative estimate of drug-likeness (QED) is 0.877. The van der Waals surface area contributed by atoms with Gasteiger partial charge in [0.05, 0.1) is 10.7 Å². The van der Waals surface area contributed by atoms with Crippen molar-refractivity contribution >= 4 is 40.7 Å². The summed E-state index contributed by atoms with van der Waals surface area (Å²) in [6.45, 7) is 5.35. The number of carbonyl (C=O) groups is 2. The van der Waals surface area contributed by atoms with Gasteiger partial charge >= 0.3 is 0 Å². The van der Waals surface area contributed by atoms with Crippen LogP contribution in [-0.4, -0.2) is 29.8 Å². The molecule has 0 bridgehead atoms. The van der Waals surface area contributed by atoms with Gasteiger partial charge in [0, 0.05) is 30.5 Å². The molecular weight excluding hydrogens is 335 g/mol. The van der Waals surface area contributed by atoms with Gasteiger partial charge in [-0.1, -0.05) is 37.0 Å². The van der Waals surface area contributed by atoms with E-state index in [9.17, 15) is 9.59 Å². The summed E-state index contributed by atoms with van der Waals surface area (Å²) >= 11 is 11.9. The van der Waals surface area contributed by atoms with Gasteiger partial charge in [-0.05, 0) is 37.0 Å². The van der Waals surface area contributed by atoms with Crippen LogP contribution >= 0.6 is 23.2 Å². The third-order valence-electron chi connectivity index (χ3n) is 3.99. The standard InChI is InChI=1S/C17H22Cl2N2O2/c1-11(2)9-16(22)21-7-5-12(6-8-21)17(23)20-15-4-3-13(18)10-14(15)19/h3-4,10-12H,5-9H2,1-2H3,(H,20,23). The molecule has 0 unspecified atom stereocenters. The van der Waals surface area contributed by atoms with Crippen LogP contribution in [0.15, 0.2) is 18.2 Å². The molecule has 1 aromatic carbocycles. The van der Waals surface area contributed by atoms with Crippen molar-refractivity contribution in [2.45, 2.75) is 33.1 Å². The first-order valence-electron chi connectivity index (χ1n) is 7.90. The largest absolute Gasteiger partial charge is 0.343 e. The highest BCUT2D eigenvalue weighted by Gasteiger charge is 2.27. The second-order valence-corrected chi connectivity index (χ2v) is 7.21. The van der Waals surface area contributed by atoms with Crippen LogP contribution < -0.4 is 5.32 Å². The molecule has 126 valence electrons. The molecule has 0 radical (unpaired) electrons. The number of amides is 2. The van der Waals surface area contributed by atoms with Gasteiger partial charge in [-0.15, -0.1) is 0 Å². The molecule has 1 fully saturated rings. The van der Waals surface area contributed by atoms with Gasteiger partial charge in [0.25, 0.3) is 0 Å². The van der Waals surface area contributed by atoms with Crippen molar-refractivity contribution in [3.63, 3.8) is 0 Å². The number of nitrogens with zero attached hydrogens (tertiary/aromatic N) is 1. The summed E-state index contributed by atoms with van der Waals surface area (Å²) in [5.74, 6) is 0.394. The maximum absolute atomic E-state index is 12.4. The van der Waals surface area contributed by atoms with Crippen LogP contribution in [0.2, 0.25) is 10.0 Å². The zero-order chi connectivity index (χ0) is 17.0. The number of carbonyl (C=O) groups excluding carboxylic acids is 2. The molecule has 0 saturated carbocycles. The van der Waals surface area contributed by atoms with Crippen molar-refractivity contribution in [2.75, 3.05) is 18.4 Å². The Morgan fingerprint density at radius 2 is 1.91 bits per heavy atom. The van der Waals surface area contributed by atoms with Gasteiger partial charge in [-0.25, -0.2) is 0 Å². The lowest BCUT2D eigenvalue weighted by atomic mass is 9.95. The van der Waals surface area contributed by atoms with Crippen LogP contribution in [0.1, 0.15) is 33.1 Å². The fraction of sp³-hybridized carbons (Fsp3) is 0.529. The van der Waals surface area contributed by atoms with Crippen molar-refractivity contribution in [2.24, 2.45) is 11.8 Å². The third-order valence-corrected chi connectivity index (χ3v) is 4.54. The van der Waals surface area contributed by atoms with Gasteiger partial charge in [0.15, 0.2) is 0 Å². The molecule has 1 heterocycles. The summed E-state index contributed by atoms with van der Waals surface area (Å²) in [6, 6.07) is 4.99. The van der Waals surface area contributed by atoms with E-state index in [0.29, 0.717) is 54.0 Å². The molecule has 1 aliphatic rings. The number of benzene rings is 1. The normalized spacial score (nSPS) is 15.8. The van der Waals surface area contributed by atoms with Crippen molar-refractivity contribution in [1.82, 2.24) is 4.90 Å². The minimum absolute atomic E-state index is 0.0508. The van der Waals surface area contributed by atoms with Gasteiger partial charge in [-0.2, -0.15) is 0 Å². The Labute approximate surface area is 147 Å². The first kappa shape index (κ1) is 18.1. The third kappa shape index (κ3) is 5.11. The van der Waals surface area contributed by atoms with Crippen molar-refractivity contribution in [1.29, 1.82) is 0 Å². The average molecular weight is 357 g/mol. The summed E-state index contributed by atoms with van der Waals surface area (Å²) in [4.78, 5) is 26.3. The lowest BCUT2D eigenvalue weighted by molar-refractivity contribution is -0.135. The van der Waals surface area contributed by atoms with E-state index in [4.69, 9.17) is 23.2 Å². The number of halogens is 2. The Morgan fingerprint density at radius 1 is 1.26 bits per heavy atom. The average Bonchev–Trinajstić information content (AvgIpc) is 2.49. The molecular formula is C17H22Cl2N2O2. The molecule has 1 N–H and O–H groups in total. The number of anilines is 1. The predicted octanol–water partition coefficient (Wildman–Crippen LogP) is 4.22. The summed E-state index contributed by atoms with van der Waals surface area (Å²) in [7, 11) is 0. The van der Waals surface area contributed by atoms with E-state index in [1.165, 1.54) is 0 Å². The van der Waals surface area contributed by atoms with Crippen LogP contribution in [0.4, 0.5) is 5.69 Å². The number of likely N-dealkylation sites (tertiary alicyclic amines) is 1. The Balaban J connectivity index is 1.87. The van der Waals surface area contributed by atoms with Gasteiger partial charge < -0.3 is 10.2 Å². The first-order chi connectivity index (χ1) is 10.9. The zero-order valence-corrected chi connectivity index (χ0v) is 15.0. The second-order valence-electron chi connectivity index (χ2n) is 6.37. The monoisotopic (exact) mass is 356 g/mol. The Kier molecular flexibility index (Phi) is 6.31. The number of hydrogen-bond acceptors (Lipinski definition) is 2. The number of hydrogen-bond donors (Lipinski definition) is 1. The van der Waals surface area contributed by atoms with E-state index in [2.05, 4.69) is 5.32 Å². The minimum Gasteiger partial charge on any atom is -0.343 e. The first-order valence-corrected chi connectivity index (χ1v) is 8.66. The van der Waals surface area contributed by atoms with E-state index in [0.717, 1.165) is 0 Å². The predicted molar refractivity (Wildman–Crippen MR) is 93.9 cm³/mol. The summed E-state index contributed by atoms with van der Waals surface area (Å²) in [5, 5.41) is 3.81. The highest BCUT2D eigenvalue weighted by Crippen LogP contribution is 2.27. The minimum atomic E-state index is -0.0927. The highest BCUT2D eigenvalue weighted by molar-refractivity contribution is 6.36. The summed E-state index contributed by atoms with van der Waals surface area (Å²) in [5.41, 5.74) is 0.569. The number of rotatable bonds is 4. The van der Waals surface area contributed by atoms with Crippen molar-refractivity contribution in [3.8, 4) is 0 Å². The SMILES string of the molecule is CC(C)CC(=O)N1CCC(C(=O)Nc2ccc(Cl)cc2Cl)CC1. The molecule has 4 nitrogen and oxygen atoms in total. The van der Waals surface area contributed by atoms with Gasteiger partial charge in [-0.3, -0.25) is 9.59 Å². The van der Waals surface area contributed by atoms with E-state index in [1.54, 1.807) is 18.2 Å². The van der Waals surface area contributed by atoms with E-state index >= 15 is 0 Å². The molecule has 2 rings (SSSR count). The topological polar surface area (TPSA) is 49.4 Å². The molecule has 0 spiro atoms. The van der Waals surface area contributed by atoms with Crippen LogP contribution in [0.3, 0.4) is 0 Å². The molecule has 2 amide bonds. The zero-order valence-electron chi connectivity index (χ0n) is 13.4. The van der Waals surface area contributed by atoms with E-state index in [-0.39, 0.29) is 17.7 Å². The van der Waals surface area contributed by atoms with Crippen molar-refractivity contribution in [3.05, 3.63) is 28.2 Å². The van der Waals surface area contributed by atoms with Crippen molar-refractivity contribution < 1.29 is 9.59 Å². The number of piperidine rings is 1. The lowest BCUT2D eigenvalue weighted by Gasteiger charge is -2.32. The van der Waals surface area contributed by atoms with Gasteiger partial charge in [0.1, 0.15) is 0 Å². The molecule has 1 aromatic rings. The van der Waals surface area contributed by atoms with E-state index < -0.39 is 0 Å².